The van der Waals surface area contributed by atoms with Gasteiger partial charge in [-0.05, 0) is 34.6 Å². The van der Waals surface area contributed by atoms with Crippen LogP contribution in [0.25, 0.3) is 16.3 Å². The van der Waals surface area contributed by atoms with Crippen LogP contribution in [0, 0.1) is 0 Å². The summed E-state index contributed by atoms with van der Waals surface area (Å²) < 4.78 is 17.6. The molecule has 2 aromatic carbocycles. The minimum absolute atomic E-state index is 0.119. The van der Waals surface area contributed by atoms with E-state index in [1.165, 1.54) is 18.2 Å². The van der Waals surface area contributed by atoms with Crippen molar-refractivity contribution >= 4 is 48.5 Å². The molecule has 0 N–H and O–H groups in total. The average Bonchev–Trinajstić information content (AvgIpc) is 2.49. The highest BCUT2D eigenvalue weighted by molar-refractivity contribution is 7.98. The highest BCUT2D eigenvalue weighted by atomic mass is 35.7. The number of allylic oxidation sites excluding steroid dienone is 4. The number of hydrogen-bond donors (Lipinski definition) is 1. The second-order valence-corrected chi connectivity index (χ2v) is 5.65. The van der Waals surface area contributed by atoms with Gasteiger partial charge in [0.05, 0.1) is 0 Å². The Morgan fingerprint density at radius 1 is 0.864 bits per heavy atom. The third kappa shape index (κ3) is 3.90. The van der Waals surface area contributed by atoms with Crippen molar-refractivity contribution in [2.45, 2.75) is 0 Å². The van der Waals surface area contributed by atoms with E-state index >= 15 is 0 Å². The molecule has 1 aliphatic carbocycles. The summed E-state index contributed by atoms with van der Waals surface area (Å²) in [4.78, 5) is 23.3. The fourth-order valence-corrected chi connectivity index (χ4v) is 2.18. The van der Waals surface area contributed by atoms with Gasteiger partial charge in [0.1, 0.15) is 0 Å². The number of carbonyl (C=O) groups excluding carboxylic acids is 2. The Hall–Kier alpha value is -2.24. The molecule has 1 aliphatic rings. The number of carbonyl (C=O) groups is 2. The van der Waals surface area contributed by atoms with Crippen LogP contribution in [0.2, 0.25) is 0 Å². The monoisotopic (exact) mass is 334 g/mol. The van der Waals surface area contributed by atoms with E-state index < -0.39 is 9.92 Å². The summed E-state index contributed by atoms with van der Waals surface area (Å²) in [5, 5.41) is 2.05. The largest absolute Gasteiger partial charge is 0.290 e. The highest BCUT2D eigenvalue weighted by Gasteiger charge is 2.16. The van der Waals surface area contributed by atoms with Gasteiger partial charge in [-0.3, -0.25) is 9.59 Å². The average molecular weight is 335 g/mol. The Kier molecular flexibility index (Phi) is 5.25. The number of hydrogen-bond acceptors (Lipinski definition) is 4. The summed E-state index contributed by atoms with van der Waals surface area (Å²) in [6.45, 7) is 0. The Balaban J connectivity index is 0.000000396. The molecule has 0 atom stereocenters. The molecular weight excluding hydrogens is 324 g/mol. The summed E-state index contributed by atoms with van der Waals surface area (Å²) in [7, 11) is 1.58. The molecule has 0 fully saturated rings. The molecule has 0 saturated heterocycles. The van der Waals surface area contributed by atoms with E-state index in [-0.39, 0.29) is 11.6 Å². The molecule has 0 saturated carbocycles. The van der Waals surface area contributed by atoms with E-state index in [9.17, 15) is 9.59 Å². The summed E-state index contributed by atoms with van der Waals surface area (Å²) in [5.74, 6) is -0.261. The maximum absolute atomic E-state index is 11.9. The lowest BCUT2D eigenvalue weighted by Crippen LogP contribution is -2.06. The van der Waals surface area contributed by atoms with Gasteiger partial charge < -0.3 is 0 Å². The number of rotatable bonds is 1. The minimum Gasteiger partial charge on any atom is -0.290 e. The van der Waals surface area contributed by atoms with Crippen LogP contribution in [0.5, 0.6) is 0 Å². The van der Waals surface area contributed by atoms with Crippen LogP contribution in [0.1, 0.15) is 5.56 Å². The lowest BCUT2D eigenvalue weighted by Gasteiger charge is -2.10. The molecule has 6 heteroatoms. The zero-order valence-corrected chi connectivity index (χ0v) is 12.9. The standard InChI is InChI=1S/C16H10O2.ClHO2S/c17-12-8-9-16(18)15(10-12)14-7-3-5-11-4-1-2-6-13(11)14;1-4(2)3/h1-10H;4H. The Morgan fingerprint density at radius 2 is 1.50 bits per heavy atom. The minimum atomic E-state index is -2.65. The van der Waals surface area contributed by atoms with Gasteiger partial charge in [0.25, 0.3) is 0 Å². The zero-order valence-electron chi connectivity index (χ0n) is 11.2. The molecule has 2 aromatic rings. The lowest BCUT2D eigenvalue weighted by molar-refractivity contribution is -0.113. The first kappa shape index (κ1) is 16.1. The predicted molar refractivity (Wildman–Crippen MR) is 87.2 cm³/mol. The van der Waals surface area contributed by atoms with Gasteiger partial charge in [0, 0.05) is 16.3 Å². The van der Waals surface area contributed by atoms with Crippen LogP contribution in [0.3, 0.4) is 0 Å². The summed E-state index contributed by atoms with van der Waals surface area (Å²) in [6, 6.07) is 13.6. The number of thiol groups is 1. The first-order valence-corrected chi connectivity index (χ1v) is 8.33. The molecule has 4 nitrogen and oxygen atoms in total. The second-order valence-electron chi connectivity index (χ2n) is 4.40. The maximum Gasteiger partial charge on any atom is 0.222 e. The first-order valence-electron chi connectivity index (χ1n) is 6.25. The maximum atomic E-state index is 11.9. The van der Waals surface area contributed by atoms with Gasteiger partial charge in [-0.15, -0.1) is 0 Å². The quantitative estimate of drug-likeness (QED) is 0.494. The van der Waals surface area contributed by atoms with E-state index in [1.807, 2.05) is 42.5 Å². The Bertz CT molecular complexity index is 865. The number of benzene rings is 2. The normalized spacial score (nSPS) is 13.8. The molecule has 0 aromatic heterocycles. The van der Waals surface area contributed by atoms with Gasteiger partial charge in [0.15, 0.2) is 11.6 Å². The summed E-state index contributed by atoms with van der Waals surface area (Å²) in [6.07, 6.45) is 4.04. The van der Waals surface area contributed by atoms with E-state index in [0.717, 1.165) is 16.3 Å². The zero-order chi connectivity index (χ0) is 16.1. The van der Waals surface area contributed by atoms with E-state index in [4.69, 9.17) is 8.42 Å². The van der Waals surface area contributed by atoms with Crippen LogP contribution in [0.4, 0.5) is 0 Å². The van der Waals surface area contributed by atoms with Gasteiger partial charge in [-0.2, -0.15) is 0 Å². The molecule has 0 radical (unpaired) electrons. The number of ketones is 2. The van der Waals surface area contributed by atoms with Crippen LogP contribution >= 0.6 is 10.7 Å². The molecular formula is C16H11ClO4S. The van der Waals surface area contributed by atoms with Crippen molar-refractivity contribution in [3.63, 3.8) is 0 Å². The van der Waals surface area contributed by atoms with Gasteiger partial charge in [-0.25, -0.2) is 8.42 Å². The molecule has 112 valence electrons. The predicted octanol–water partition coefficient (Wildman–Crippen LogP) is 2.68. The van der Waals surface area contributed by atoms with Crippen LogP contribution in [-0.4, -0.2) is 20.0 Å². The Labute approximate surface area is 133 Å². The van der Waals surface area contributed by atoms with E-state index in [0.29, 0.717) is 5.57 Å². The fourth-order valence-electron chi connectivity index (χ4n) is 2.18. The second kappa shape index (κ2) is 7.15. The summed E-state index contributed by atoms with van der Waals surface area (Å²) in [5.41, 5.74) is 1.29. The molecule has 0 aliphatic heterocycles. The van der Waals surface area contributed by atoms with Crippen molar-refractivity contribution in [3.8, 4) is 0 Å². The van der Waals surface area contributed by atoms with Crippen molar-refractivity contribution in [3.05, 3.63) is 66.3 Å². The third-order valence-electron chi connectivity index (χ3n) is 3.03. The fraction of sp³-hybridized carbons (Fsp3) is 0. The number of halogens is 1. The lowest BCUT2D eigenvalue weighted by atomic mass is 9.92. The SMILES string of the molecule is O=C1C=CC(=O)C(c2cccc3ccccc23)=C1.O=[SH](=O)Cl. The number of fused-ring (bicyclic) bond motifs is 1. The van der Waals surface area contributed by atoms with E-state index in [2.05, 4.69) is 10.7 Å². The van der Waals surface area contributed by atoms with E-state index in [1.54, 1.807) is 0 Å². The van der Waals surface area contributed by atoms with Crippen LogP contribution in [0.15, 0.2) is 60.7 Å². The van der Waals surface area contributed by atoms with Crippen molar-refractivity contribution in [2.75, 3.05) is 0 Å². The molecule has 0 unspecified atom stereocenters. The van der Waals surface area contributed by atoms with Gasteiger partial charge >= 0.3 is 0 Å². The smallest absolute Gasteiger partial charge is 0.222 e. The molecule has 3 rings (SSSR count). The summed E-state index contributed by atoms with van der Waals surface area (Å²) >= 11 is 0. The molecule has 22 heavy (non-hydrogen) atoms. The van der Waals surface area contributed by atoms with Crippen molar-refractivity contribution in [2.24, 2.45) is 0 Å². The molecule has 0 amide bonds. The molecule has 0 spiro atoms. The van der Waals surface area contributed by atoms with Crippen molar-refractivity contribution in [1.29, 1.82) is 0 Å². The molecule has 0 heterocycles. The topological polar surface area (TPSA) is 68.3 Å². The van der Waals surface area contributed by atoms with Crippen molar-refractivity contribution in [1.82, 2.24) is 0 Å². The molecule has 0 bridgehead atoms. The van der Waals surface area contributed by atoms with Gasteiger partial charge in [-0.1, -0.05) is 42.5 Å². The third-order valence-corrected chi connectivity index (χ3v) is 3.03. The Morgan fingerprint density at radius 3 is 2.23 bits per heavy atom. The first-order chi connectivity index (χ1) is 10.5. The van der Waals surface area contributed by atoms with Crippen LogP contribution < -0.4 is 0 Å². The van der Waals surface area contributed by atoms with Crippen molar-refractivity contribution < 1.29 is 18.0 Å². The van der Waals surface area contributed by atoms with Gasteiger partial charge in [0.2, 0.25) is 9.92 Å². The highest BCUT2D eigenvalue weighted by Crippen LogP contribution is 2.27. The van der Waals surface area contributed by atoms with Crippen LogP contribution in [-0.2, 0) is 19.5 Å².